The van der Waals surface area contributed by atoms with Gasteiger partial charge < -0.3 is 10.6 Å². The summed E-state index contributed by atoms with van der Waals surface area (Å²) < 4.78 is 39.4. The van der Waals surface area contributed by atoms with E-state index in [2.05, 4.69) is 26.6 Å². The highest BCUT2D eigenvalue weighted by molar-refractivity contribution is 9.10. The van der Waals surface area contributed by atoms with Crippen LogP contribution in [0.3, 0.4) is 0 Å². The zero-order chi connectivity index (χ0) is 16.9. The lowest BCUT2D eigenvalue weighted by atomic mass is 10.1. The van der Waals surface area contributed by atoms with Gasteiger partial charge in [0.05, 0.1) is 11.3 Å². The SMILES string of the molecule is O=C(CCNc1ccccc1Br)Nc1ccccc1C(F)(F)F. The lowest BCUT2D eigenvalue weighted by Crippen LogP contribution is -2.19. The van der Waals surface area contributed by atoms with E-state index >= 15 is 0 Å². The van der Waals surface area contributed by atoms with Gasteiger partial charge in [-0.25, -0.2) is 0 Å². The summed E-state index contributed by atoms with van der Waals surface area (Å²) in [4.78, 5) is 11.8. The van der Waals surface area contributed by atoms with Crippen LogP contribution < -0.4 is 10.6 Å². The Labute approximate surface area is 140 Å². The summed E-state index contributed by atoms with van der Waals surface area (Å²) in [6.45, 7) is 0.308. The van der Waals surface area contributed by atoms with E-state index in [9.17, 15) is 18.0 Å². The molecule has 0 saturated carbocycles. The summed E-state index contributed by atoms with van der Waals surface area (Å²) in [6.07, 6.45) is -4.45. The lowest BCUT2D eigenvalue weighted by Gasteiger charge is -2.14. The Morgan fingerprint density at radius 2 is 1.61 bits per heavy atom. The first kappa shape index (κ1) is 17.3. The van der Waals surface area contributed by atoms with Gasteiger partial charge in [0.25, 0.3) is 0 Å². The van der Waals surface area contributed by atoms with Crippen molar-refractivity contribution in [2.24, 2.45) is 0 Å². The van der Waals surface area contributed by atoms with Gasteiger partial charge in [0.15, 0.2) is 0 Å². The van der Waals surface area contributed by atoms with E-state index in [-0.39, 0.29) is 12.1 Å². The van der Waals surface area contributed by atoms with Crippen molar-refractivity contribution in [2.75, 3.05) is 17.2 Å². The molecule has 7 heteroatoms. The van der Waals surface area contributed by atoms with Crippen LogP contribution in [0.5, 0.6) is 0 Å². The summed E-state index contributed by atoms with van der Waals surface area (Å²) >= 11 is 3.36. The predicted molar refractivity (Wildman–Crippen MR) is 87.3 cm³/mol. The smallest absolute Gasteiger partial charge is 0.384 e. The largest absolute Gasteiger partial charge is 0.418 e. The number of carbonyl (C=O) groups is 1. The highest BCUT2D eigenvalue weighted by Crippen LogP contribution is 2.34. The maximum absolute atomic E-state index is 12.8. The zero-order valence-electron chi connectivity index (χ0n) is 12.0. The van der Waals surface area contributed by atoms with Crippen LogP contribution in [0.15, 0.2) is 53.0 Å². The molecule has 23 heavy (non-hydrogen) atoms. The third kappa shape index (κ3) is 4.99. The Hall–Kier alpha value is -2.02. The molecule has 0 unspecified atom stereocenters. The molecule has 0 atom stereocenters. The number of rotatable bonds is 5. The Morgan fingerprint density at radius 3 is 2.26 bits per heavy atom. The number of para-hydroxylation sites is 2. The number of halogens is 4. The molecular formula is C16H14BrF3N2O. The molecule has 0 radical (unpaired) electrons. The molecule has 0 saturated heterocycles. The van der Waals surface area contributed by atoms with Crippen LogP contribution in [-0.4, -0.2) is 12.5 Å². The van der Waals surface area contributed by atoms with Gasteiger partial charge in [0.1, 0.15) is 0 Å². The molecule has 0 bridgehead atoms. The molecule has 2 aromatic carbocycles. The number of anilines is 2. The summed E-state index contributed by atoms with van der Waals surface area (Å²) in [5.41, 5.74) is -0.269. The van der Waals surface area contributed by atoms with Crippen molar-refractivity contribution in [1.29, 1.82) is 0 Å². The van der Waals surface area contributed by atoms with Crippen molar-refractivity contribution in [3.63, 3.8) is 0 Å². The van der Waals surface area contributed by atoms with Crippen LogP contribution in [0.1, 0.15) is 12.0 Å². The molecule has 2 aromatic rings. The van der Waals surface area contributed by atoms with E-state index in [4.69, 9.17) is 0 Å². The highest BCUT2D eigenvalue weighted by Gasteiger charge is 2.33. The minimum atomic E-state index is -4.50. The topological polar surface area (TPSA) is 41.1 Å². The summed E-state index contributed by atoms with van der Waals surface area (Å²) in [5, 5.41) is 5.35. The maximum Gasteiger partial charge on any atom is 0.418 e. The van der Waals surface area contributed by atoms with E-state index in [0.29, 0.717) is 6.54 Å². The van der Waals surface area contributed by atoms with E-state index in [0.717, 1.165) is 16.2 Å². The molecule has 0 heterocycles. The highest BCUT2D eigenvalue weighted by atomic mass is 79.9. The van der Waals surface area contributed by atoms with Gasteiger partial charge >= 0.3 is 6.18 Å². The average Bonchev–Trinajstić information content (AvgIpc) is 2.49. The Bertz CT molecular complexity index is 689. The molecule has 3 nitrogen and oxygen atoms in total. The van der Waals surface area contributed by atoms with Crippen molar-refractivity contribution >= 4 is 33.2 Å². The van der Waals surface area contributed by atoms with Crippen LogP contribution in [-0.2, 0) is 11.0 Å². The van der Waals surface area contributed by atoms with Crippen molar-refractivity contribution in [3.8, 4) is 0 Å². The molecule has 122 valence electrons. The third-order valence-corrected chi connectivity index (χ3v) is 3.74. The van der Waals surface area contributed by atoms with Gasteiger partial charge in [-0.15, -0.1) is 0 Å². The fourth-order valence-electron chi connectivity index (χ4n) is 1.97. The van der Waals surface area contributed by atoms with Gasteiger partial charge in [-0.2, -0.15) is 13.2 Å². The normalized spacial score (nSPS) is 11.1. The fraction of sp³-hybridized carbons (Fsp3) is 0.188. The summed E-state index contributed by atoms with van der Waals surface area (Å²) in [7, 11) is 0. The Morgan fingerprint density at radius 1 is 1.00 bits per heavy atom. The second-order valence-corrected chi connectivity index (χ2v) is 5.60. The first-order valence-electron chi connectivity index (χ1n) is 6.82. The van der Waals surface area contributed by atoms with Gasteiger partial charge in [-0.05, 0) is 40.2 Å². The van der Waals surface area contributed by atoms with Crippen molar-refractivity contribution in [3.05, 3.63) is 58.6 Å². The number of alkyl halides is 3. The molecule has 2 rings (SSSR count). The standard InChI is InChI=1S/C16H14BrF3N2O/c17-12-6-2-4-8-14(12)21-10-9-15(23)22-13-7-3-1-5-11(13)16(18,19)20/h1-8,21H,9-10H2,(H,22,23). The Balaban J connectivity index is 1.92. The lowest BCUT2D eigenvalue weighted by molar-refractivity contribution is -0.137. The van der Waals surface area contributed by atoms with E-state index < -0.39 is 17.6 Å². The molecule has 1 amide bonds. The molecule has 0 aromatic heterocycles. The second kappa shape index (κ2) is 7.50. The van der Waals surface area contributed by atoms with Crippen LogP contribution in [0.4, 0.5) is 24.5 Å². The van der Waals surface area contributed by atoms with Crippen molar-refractivity contribution in [1.82, 2.24) is 0 Å². The van der Waals surface area contributed by atoms with Gasteiger partial charge in [0.2, 0.25) is 5.91 Å². The minimum absolute atomic E-state index is 0.0491. The van der Waals surface area contributed by atoms with Crippen molar-refractivity contribution < 1.29 is 18.0 Å². The van der Waals surface area contributed by atoms with Crippen LogP contribution in [0.2, 0.25) is 0 Å². The van der Waals surface area contributed by atoms with Crippen LogP contribution in [0.25, 0.3) is 0 Å². The number of amides is 1. The van der Waals surface area contributed by atoms with Gasteiger partial charge in [-0.1, -0.05) is 24.3 Å². The number of benzene rings is 2. The van der Waals surface area contributed by atoms with E-state index in [1.807, 2.05) is 24.3 Å². The average molecular weight is 387 g/mol. The fourth-order valence-corrected chi connectivity index (χ4v) is 2.39. The quantitative estimate of drug-likeness (QED) is 0.766. The first-order valence-corrected chi connectivity index (χ1v) is 7.61. The maximum atomic E-state index is 12.8. The number of hydrogen-bond donors (Lipinski definition) is 2. The van der Waals surface area contributed by atoms with E-state index in [1.54, 1.807) is 0 Å². The number of nitrogens with one attached hydrogen (secondary N) is 2. The number of carbonyl (C=O) groups excluding carboxylic acids is 1. The molecular weight excluding hydrogens is 373 g/mol. The zero-order valence-corrected chi connectivity index (χ0v) is 13.5. The first-order chi connectivity index (χ1) is 10.9. The predicted octanol–water partition coefficient (Wildman–Crippen LogP) is 4.91. The van der Waals surface area contributed by atoms with Crippen LogP contribution in [0, 0.1) is 0 Å². The monoisotopic (exact) mass is 386 g/mol. The minimum Gasteiger partial charge on any atom is -0.384 e. The van der Waals surface area contributed by atoms with Gasteiger partial charge in [0, 0.05) is 23.1 Å². The Kier molecular flexibility index (Phi) is 5.65. The molecule has 0 aliphatic rings. The molecule has 0 spiro atoms. The van der Waals surface area contributed by atoms with Crippen LogP contribution >= 0.6 is 15.9 Å². The summed E-state index contributed by atoms with van der Waals surface area (Å²) in [6, 6.07) is 12.3. The second-order valence-electron chi connectivity index (χ2n) is 4.75. The molecule has 2 N–H and O–H groups in total. The van der Waals surface area contributed by atoms with Gasteiger partial charge in [-0.3, -0.25) is 4.79 Å². The van der Waals surface area contributed by atoms with Crippen molar-refractivity contribution in [2.45, 2.75) is 12.6 Å². The third-order valence-electron chi connectivity index (χ3n) is 3.05. The molecule has 0 aliphatic heterocycles. The van der Waals surface area contributed by atoms with E-state index in [1.165, 1.54) is 18.2 Å². The molecule has 0 aliphatic carbocycles. The number of hydrogen-bond acceptors (Lipinski definition) is 2. The summed E-state index contributed by atoms with van der Waals surface area (Å²) in [5.74, 6) is -0.485. The molecule has 0 fully saturated rings.